The van der Waals surface area contributed by atoms with Gasteiger partial charge in [0.1, 0.15) is 0 Å². The highest BCUT2D eigenvalue weighted by Gasteiger charge is 2.22. The van der Waals surface area contributed by atoms with Gasteiger partial charge in [-0.05, 0) is 19.9 Å². The molecule has 5 heteroatoms. The molecule has 1 amide bonds. The number of hydrogen-bond donors (Lipinski definition) is 1. The zero-order valence-corrected chi connectivity index (χ0v) is 11.6. The molecule has 0 aromatic heterocycles. The number of thiocarbonyl (C=S) groups is 1. The number of nitrogens with zero attached hydrogens (tertiary/aromatic N) is 2. The minimum atomic E-state index is 0.149. The Morgan fingerprint density at radius 3 is 2.47 bits per heavy atom. The molecule has 0 heterocycles. The molecule has 0 aromatic carbocycles. The molecule has 1 aliphatic rings. The fourth-order valence-corrected chi connectivity index (χ4v) is 2.30. The van der Waals surface area contributed by atoms with Gasteiger partial charge in [-0.25, -0.2) is 0 Å². The van der Waals surface area contributed by atoms with Crippen LogP contribution in [-0.4, -0.2) is 53.9 Å². The van der Waals surface area contributed by atoms with Crippen molar-refractivity contribution in [1.82, 2.24) is 9.80 Å². The summed E-state index contributed by atoms with van der Waals surface area (Å²) in [6.45, 7) is 1.12. The Labute approximate surface area is 109 Å². The van der Waals surface area contributed by atoms with Gasteiger partial charge in [0.2, 0.25) is 5.91 Å². The Kier molecular flexibility index (Phi) is 5.85. The highest BCUT2D eigenvalue weighted by Crippen LogP contribution is 2.22. The van der Waals surface area contributed by atoms with Crippen molar-refractivity contribution in [3.05, 3.63) is 0 Å². The van der Waals surface area contributed by atoms with Gasteiger partial charge in [0.05, 0.1) is 11.5 Å². The number of carbonyl (C=O) groups excluding carboxylic acids is 1. The third-order valence-electron chi connectivity index (χ3n) is 3.45. The first-order valence-corrected chi connectivity index (χ1v) is 6.64. The van der Waals surface area contributed by atoms with Crippen molar-refractivity contribution in [1.29, 1.82) is 0 Å². The second-order valence-corrected chi connectivity index (χ2v) is 5.41. The number of hydrogen-bond acceptors (Lipinski definition) is 3. The molecule has 0 aromatic rings. The van der Waals surface area contributed by atoms with E-state index in [-0.39, 0.29) is 5.91 Å². The average molecular weight is 257 g/mol. The Morgan fingerprint density at radius 1 is 1.35 bits per heavy atom. The van der Waals surface area contributed by atoms with Gasteiger partial charge in [-0.15, -0.1) is 0 Å². The van der Waals surface area contributed by atoms with Gasteiger partial charge in [0, 0.05) is 26.1 Å². The number of rotatable bonds is 6. The van der Waals surface area contributed by atoms with E-state index in [1.54, 1.807) is 4.90 Å². The minimum absolute atomic E-state index is 0.149. The molecule has 1 saturated carbocycles. The molecule has 0 spiro atoms. The summed E-state index contributed by atoms with van der Waals surface area (Å²) >= 11 is 4.81. The van der Waals surface area contributed by atoms with E-state index in [0.717, 1.165) is 0 Å². The van der Waals surface area contributed by atoms with Crippen molar-refractivity contribution in [2.45, 2.75) is 38.1 Å². The highest BCUT2D eigenvalue weighted by atomic mass is 32.1. The van der Waals surface area contributed by atoms with Gasteiger partial charge >= 0.3 is 0 Å². The molecule has 1 rings (SSSR count). The van der Waals surface area contributed by atoms with Crippen LogP contribution in [0.15, 0.2) is 0 Å². The number of likely N-dealkylation sites (N-methyl/N-ethyl adjacent to an activating group) is 2. The van der Waals surface area contributed by atoms with Gasteiger partial charge in [-0.1, -0.05) is 25.1 Å². The van der Waals surface area contributed by atoms with Crippen LogP contribution in [0.25, 0.3) is 0 Å². The van der Waals surface area contributed by atoms with E-state index in [0.29, 0.717) is 30.5 Å². The molecule has 0 radical (unpaired) electrons. The molecule has 0 atom stereocenters. The van der Waals surface area contributed by atoms with Crippen LogP contribution in [0, 0.1) is 0 Å². The summed E-state index contributed by atoms with van der Waals surface area (Å²) in [4.78, 5) is 16.3. The van der Waals surface area contributed by atoms with Crippen molar-refractivity contribution in [2.75, 3.05) is 27.2 Å². The van der Waals surface area contributed by atoms with E-state index in [1.807, 2.05) is 14.1 Å². The summed E-state index contributed by atoms with van der Waals surface area (Å²) < 4.78 is 0. The molecule has 4 nitrogen and oxygen atoms in total. The summed E-state index contributed by atoms with van der Waals surface area (Å²) in [5, 5.41) is 0. The van der Waals surface area contributed by atoms with E-state index >= 15 is 0 Å². The van der Waals surface area contributed by atoms with Crippen LogP contribution in [0.3, 0.4) is 0 Å². The fraction of sp³-hybridized carbons (Fsp3) is 0.833. The monoisotopic (exact) mass is 257 g/mol. The highest BCUT2D eigenvalue weighted by molar-refractivity contribution is 7.80. The van der Waals surface area contributed by atoms with Crippen molar-refractivity contribution in [3.8, 4) is 0 Å². The number of carbonyl (C=O) groups is 1. The quantitative estimate of drug-likeness (QED) is 0.721. The molecule has 2 N–H and O–H groups in total. The lowest BCUT2D eigenvalue weighted by Crippen LogP contribution is -2.41. The van der Waals surface area contributed by atoms with Gasteiger partial charge < -0.3 is 10.6 Å². The van der Waals surface area contributed by atoms with Crippen LogP contribution in [0.5, 0.6) is 0 Å². The van der Waals surface area contributed by atoms with Gasteiger partial charge in [-0.2, -0.15) is 0 Å². The first-order valence-electron chi connectivity index (χ1n) is 6.23. The van der Waals surface area contributed by atoms with Crippen molar-refractivity contribution in [2.24, 2.45) is 5.73 Å². The molecule has 0 saturated heterocycles. The second-order valence-electron chi connectivity index (χ2n) is 4.89. The Balaban J connectivity index is 2.29. The first kappa shape index (κ1) is 14.4. The lowest BCUT2D eigenvalue weighted by Gasteiger charge is -2.26. The van der Waals surface area contributed by atoms with Gasteiger partial charge in [-0.3, -0.25) is 9.69 Å². The zero-order valence-electron chi connectivity index (χ0n) is 10.8. The van der Waals surface area contributed by atoms with Gasteiger partial charge in [0.25, 0.3) is 0 Å². The second kappa shape index (κ2) is 6.91. The van der Waals surface area contributed by atoms with E-state index < -0.39 is 0 Å². The topological polar surface area (TPSA) is 49.6 Å². The maximum Gasteiger partial charge on any atom is 0.236 e. The maximum absolute atomic E-state index is 11.9. The molecule has 0 bridgehead atoms. The number of nitrogens with two attached hydrogens (primary N) is 1. The maximum atomic E-state index is 11.9. The molecule has 98 valence electrons. The third kappa shape index (κ3) is 5.00. The van der Waals surface area contributed by atoms with Crippen LogP contribution in [0.4, 0.5) is 0 Å². The SMILES string of the molecule is CN(CCC(N)=S)C(=O)CN(C)C1CCCC1. The van der Waals surface area contributed by atoms with Crippen molar-refractivity contribution in [3.63, 3.8) is 0 Å². The standard InChI is InChI=1S/C12H23N3OS/c1-14(8-7-11(13)17)12(16)9-15(2)10-5-3-4-6-10/h10H,3-9H2,1-2H3,(H2,13,17). The smallest absolute Gasteiger partial charge is 0.236 e. The average Bonchev–Trinajstić information content (AvgIpc) is 2.78. The van der Waals surface area contributed by atoms with Crippen molar-refractivity contribution >= 4 is 23.1 Å². The Bertz CT molecular complexity index is 277. The molecule has 0 aliphatic heterocycles. The predicted octanol–water partition coefficient (Wildman–Crippen LogP) is 0.995. The van der Waals surface area contributed by atoms with Crippen LogP contribution < -0.4 is 5.73 Å². The Morgan fingerprint density at radius 2 is 1.94 bits per heavy atom. The molecular weight excluding hydrogens is 234 g/mol. The summed E-state index contributed by atoms with van der Waals surface area (Å²) in [6, 6.07) is 0.586. The Hall–Kier alpha value is -0.680. The van der Waals surface area contributed by atoms with E-state index in [9.17, 15) is 4.79 Å². The van der Waals surface area contributed by atoms with E-state index in [1.165, 1.54) is 25.7 Å². The van der Waals surface area contributed by atoms with Crippen molar-refractivity contribution < 1.29 is 4.79 Å². The largest absolute Gasteiger partial charge is 0.393 e. The van der Waals surface area contributed by atoms with Crippen LogP contribution >= 0.6 is 12.2 Å². The minimum Gasteiger partial charge on any atom is -0.393 e. The third-order valence-corrected chi connectivity index (χ3v) is 3.66. The zero-order chi connectivity index (χ0) is 12.8. The van der Waals surface area contributed by atoms with Crippen LogP contribution in [-0.2, 0) is 4.79 Å². The summed E-state index contributed by atoms with van der Waals surface area (Å²) in [5.41, 5.74) is 5.42. The van der Waals surface area contributed by atoms with E-state index in [2.05, 4.69) is 4.90 Å². The lowest BCUT2D eigenvalue weighted by atomic mass is 10.2. The fourth-order valence-electron chi connectivity index (χ4n) is 2.21. The molecular formula is C12H23N3OS. The molecule has 1 fully saturated rings. The summed E-state index contributed by atoms with van der Waals surface area (Å²) in [7, 11) is 3.85. The predicted molar refractivity (Wildman–Crippen MR) is 73.9 cm³/mol. The number of amides is 1. The van der Waals surface area contributed by atoms with Gasteiger partial charge in [0.15, 0.2) is 0 Å². The van der Waals surface area contributed by atoms with Crippen LogP contribution in [0.1, 0.15) is 32.1 Å². The normalized spacial score (nSPS) is 16.4. The molecule has 0 unspecified atom stereocenters. The molecule has 17 heavy (non-hydrogen) atoms. The van der Waals surface area contributed by atoms with E-state index in [4.69, 9.17) is 18.0 Å². The lowest BCUT2D eigenvalue weighted by molar-refractivity contribution is -0.131. The molecule has 1 aliphatic carbocycles. The summed E-state index contributed by atoms with van der Waals surface area (Å²) in [5.74, 6) is 0.149. The van der Waals surface area contributed by atoms with Crippen LogP contribution in [0.2, 0.25) is 0 Å². The summed E-state index contributed by atoms with van der Waals surface area (Å²) in [6.07, 6.45) is 5.63. The first-order chi connectivity index (χ1) is 8.00.